The Hall–Kier alpha value is -2.37. The van der Waals surface area contributed by atoms with Gasteiger partial charge in [0.2, 0.25) is 0 Å². The summed E-state index contributed by atoms with van der Waals surface area (Å²) in [5.74, 6) is -4.52. The number of halogens is 6. The van der Waals surface area contributed by atoms with Crippen molar-refractivity contribution in [3.63, 3.8) is 0 Å². The second-order valence-corrected chi connectivity index (χ2v) is 6.54. The van der Waals surface area contributed by atoms with Gasteiger partial charge in [0, 0.05) is 38.6 Å². The molecule has 2 heterocycles. The van der Waals surface area contributed by atoms with Gasteiger partial charge < -0.3 is 10.6 Å². The monoisotopic (exact) mass is 412 g/mol. The maximum Gasteiger partial charge on any atom is 0.471 e. The molecule has 1 aliphatic heterocycles. The number of nitrogens with zero attached hydrogens (tertiary/aromatic N) is 2. The van der Waals surface area contributed by atoms with Crippen molar-refractivity contribution in [2.45, 2.75) is 37.3 Å². The van der Waals surface area contributed by atoms with Crippen LogP contribution in [0, 0.1) is 0 Å². The first-order chi connectivity index (χ1) is 12.9. The maximum absolute atomic E-state index is 12.6. The van der Waals surface area contributed by atoms with E-state index in [4.69, 9.17) is 0 Å². The Morgan fingerprint density at radius 3 is 2.04 bits per heavy atom. The second kappa shape index (κ2) is 8.33. The highest BCUT2D eigenvalue weighted by Gasteiger charge is 2.46. The lowest BCUT2D eigenvalue weighted by molar-refractivity contribution is -0.177. The van der Waals surface area contributed by atoms with Crippen molar-refractivity contribution in [3.05, 3.63) is 30.1 Å². The summed E-state index contributed by atoms with van der Waals surface area (Å²) < 4.78 is 75.1. The number of carbonyl (C=O) groups is 2. The molecule has 0 saturated carbocycles. The molecule has 1 aromatic rings. The Labute approximate surface area is 156 Å². The van der Waals surface area contributed by atoms with Crippen LogP contribution in [0.4, 0.5) is 26.3 Å². The summed E-state index contributed by atoms with van der Waals surface area (Å²) in [6.45, 7) is 0.168. The van der Waals surface area contributed by atoms with Crippen LogP contribution in [0.3, 0.4) is 0 Å². The van der Waals surface area contributed by atoms with Gasteiger partial charge in [-0.15, -0.1) is 0 Å². The Morgan fingerprint density at radius 2 is 1.54 bits per heavy atom. The molecule has 2 N–H and O–H groups in total. The molecule has 0 unspecified atom stereocenters. The summed E-state index contributed by atoms with van der Waals surface area (Å²) in [6, 6.07) is 3.52. The Bertz CT molecular complexity index is 685. The zero-order chi connectivity index (χ0) is 21.0. The Balaban J connectivity index is 2.05. The minimum absolute atomic E-state index is 0.0575. The van der Waals surface area contributed by atoms with Crippen LogP contribution < -0.4 is 10.6 Å². The van der Waals surface area contributed by atoms with Crippen LogP contribution in [0.2, 0.25) is 0 Å². The van der Waals surface area contributed by atoms with E-state index in [1.165, 1.54) is 0 Å². The molecule has 0 radical (unpaired) electrons. The third-order valence-corrected chi connectivity index (χ3v) is 4.45. The average Bonchev–Trinajstić information content (AvgIpc) is 2.61. The third kappa shape index (κ3) is 6.08. The molecule has 2 amide bonds. The number of aromatic nitrogens is 1. The Kier molecular flexibility index (Phi) is 6.52. The fourth-order valence-corrected chi connectivity index (χ4v) is 2.89. The topological polar surface area (TPSA) is 74.3 Å². The minimum Gasteiger partial charge on any atom is -0.346 e. The van der Waals surface area contributed by atoms with Crippen LogP contribution in [0.1, 0.15) is 18.4 Å². The highest BCUT2D eigenvalue weighted by atomic mass is 19.4. The van der Waals surface area contributed by atoms with Gasteiger partial charge in [-0.05, 0) is 30.5 Å². The molecule has 2 rings (SSSR count). The number of carbonyl (C=O) groups excluding carboxylic acids is 2. The fraction of sp³-hybridized carbons (Fsp3) is 0.562. The lowest BCUT2D eigenvalue weighted by atomic mass is 9.86. The quantitative estimate of drug-likeness (QED) is 0.724. The van der Waals surface area contributed by atoms with Crippen molar-refractivity contribution in [2.75, 3.05) is 19.6 Å². The van der Waals surface area contributed by atoms with Gasteiger partial charge in [-0.2, -0.15) is 26.3 Å². The van der Waals surface area contributed by atoms with E-state index in [1.807, 2.05) is 4.90 Å². The number of alkyl halides is 6. The molecule has 156 valence electrons. The molecule has 1 saturated heterocycles. The van der Waals surface area contributed by atoms with E-state index < -0.39 is 36.3 Å². The van der Waals surface area contributed by atoms with E-state index in [0.717, 1.165) is 5.56 Å². The lowest BCUT2D eigenvalue weighted by Gasteiger charge is -2.42. The van der Waals surface area contributed by atoms with Crippen molar-refractivity contribution in [1.29, 1.82) is 0 Å². The van der Waals surface area contributed by atoms with Gasteiger partial charge in [-0.25, -0.2) is 0 Å². The molecule has 0 bridgehead atoms. The van der Waals surface area contributed by atoms with Crippen LogP contribution >= 0.6 is 0 Å². The van der Waals surface area contributed by atoms with E-state index >= 15 is 0 Å². The number of rotatable bonds is 5. The molecule has 28 heavy (non-hydrogen) atoms. The summed E-state index contributed by atoms with van der Waals surface area (Å²) in [6.07, 6.45) is -7.30. The first-order valence-corrected chi connectivity index (χ1v) is 8.27. The smallest absolute Gasteiger partial charge is 0.346 e. The third-order valence-electron chi connectivity index (χ3n) is 4.45. The SMILES string of the molecule is O=C(NCC1(NC(=O)C(F)(F)F)CCN(Cc2ccncc2)CC1)C(F)(F)F. The average molecular weight is 412 g/mol. The van der Waals surface area contributed by atoms with Crippen LogP contribution in [-0.2, 0) is 16.1 Å². The number of piperidine rings is 1. The van der Waals surface area contributed by atoms with E-state index in [9.17, 15) is 35.9 Å². The number of pyridine rings is 1. The van der Waals surface area contributed by atoms with Gasteiger partial charge in [-0.1, -0.05) is 0 Å². The molecule has 0 aromatic carbocycles. The van der Waals surface area contributed by atoms with Crippen LogP contribution in [0.5, 0.6) is 0 Å². The van der Waals surface area contributed by atoms with Gasteiger partial charge >= 0.3 is 24.2 Å². The zero-order valence-corrected chi connectivity index (χ0v) is 14.5. The van der Waals surface area contributed by atoms with E-state index in [0.29, 0.717) is 6.54 Å². The summed E-state index contributed by atoms with van der Waals surface area (Å²) in [4.78, 5) is 28.2. The molecule has 0 atom stereocenters. The summed E-state index contributed by atoms with van der Waals surface area (Å²) in [5, 5.41) is 3.36. The van der Waals surface area contributed by atoms with Crippen LogP contribution in [0.15, 0.2) is 24.5 Å². The molecule has 1 aromatic heterocycles. The summed E-state index contributed by atoms with van der Waals surface area (Å²) >= 11 is 0. The number of hydrogen-bond donors (Lipinski definition) is 2. The van der Waals surface area contributed by atoms with Gasteiger partial charge in [-0.3, -0.25) is 19.5 Å². The first kappa shape index (κ1) is 21.9. The predicted molar refractivity (Wildman–Crippen MR) is 84.7 cm³/mol. The van der Waals surface area contributed by atoms with Crippen molar-refractivity contribution in [2.24, 2.45) is 0 Å². The van der Waals surface area contributed by atoms with Crippen LogP contribution in [-0.4, -0.2) is 59.2 Å². The minimum atomic E-state index is -5.19. The van der Waals surface area contributed by atoms with Gasteiger partial charge in [0.1, 0.15) is 0 Å². The number of likely N-dealkylation sites (tertiary alicyclic amines) is 1. The molecule has 1 fully saturated rings. The normalized spacial score (nSPS) is 17.8. The molecule has 12 heteroatoms. The van der Waals surface area contributed by atoms with Gasteiger partial charge in [0.25, 0.3) is 0 Å². The molecule has 0 aliphatic carbocycles. The highest BCUT2D eigenvalue weighted by Crippen LogP contribution is 2.26. The van der Waals surface area contributed by atoms with Crippen molar-refractivity contribution >= 4 is 11.8 Å². The maximum atomic E-state index is 12.6. The lowest BCUT2D eigenvalue weighted by Crippen LogP contribution is -2.63. The van der Waals surface area contributed by atoms with E-state index in [2.05, 4.69) is 4.98 Å². The number of amides is 2. The standard InChI is InChI=1S/C16H18F6N4O2/c17-15(18,19)12(27)24-10-14(25-13(28)16(20,21)22)3-7-26(8-4-14)9-11-1-5-23-6-2-11/h1-2,5-6H,3-4,7-10H2,(H,24,27)(H,25,28). The number of nitrogens with one attached hydrogen (secondary N) is 2. The summed E-state index contributed by atoms with van der Waals surface area (Å²) in [5.41, 5.74) is -0.713. The van der Waals surface area contributed by atoms with Crippen molar-refractivity contribution in [3.8, 4) is 0 Å². The predicted octanol–water partition coefficient (Wildman–Crippen LogP) is 1.77. The van der Waals surface area contributed by atoms with E-state index in [1.54, 1.807) is 35.2 Å². The molecular formula is C16H18F6N4O2. The molecule has 0 spiro atoms. The Morgan fingerprint density at radius 1 is 1.00 bits per heavy atom. The number of hydrogen-bond acceptors (Lipinski definition) is 4. The zero-order valence-electron chi connectivity index (χ0n) is 14.5. The van der Waals surface area contributed by atoms with Crippen molar-refractivity contribution < 1.29 is 35.9 Å². The molecule has 1 aliphatic rings. The van der Waals surface area contributed by atoms with Crippen LogP contribution in [0.25, 0.3) is 0 Å². The van der Waals surface area contributed by atoms with Crippen molar-refractivity contribution in [1.82, 2.24) is 20.5 Å². The van der Waals surface area contributed by atoms with Gasteiger partial charge in [0.05, 0.1) is 5.54 Å². The summed E-state index contributed by atoms with van der Waals surface area (Å²) in [7, 11) is 0. The largest absolute Gasteiger partial charge is 0.471 e. The first-order valence-electron chi connectivity index (χ1n) is 8.27. The van der Waals surface area contributed by atoms with Gasteiger partial charge in [0.15, 0.2) is 0 Å². The molecular weight excluding hydrogens is 394 g/mol. The molecule has 6 nitrogen and oxygen atoms in total. The fourth-order valence-electron chi connectivity index (χ4n) is 2.89. The second-order valence-electron chi connectivity index (χ2n) is 6.54. The highest BCUT2D eigenvalue weighted by molar-refractivity contribution is 5.83. The van der Waals surface area contributed by atoms with E-state index in [-0.39, 0.29) is 25.9 Å².